The van der Waals surface area contributed by atoms with E-state index in [2.05, 4.69) is 22.2 Å². The number of imidazole rings is 1. The van der Waals surface area contributed by atoms with Crippen LogP contribution in [0, 0.1) is 6.92 Å². The number of nitrogens with one attached hydrogen (secondary N) is 2. The average molecular weight is 209 g/mol. The largest absolute Gasteiger partial charge is 0.356 e. The molecule has 1 aromatic rings. The standard InChI is InChI=1S/C11H19N3O/c1-3-4-5-11(15)12-7-6-10-8-13-9(2)14-10/h8H,3-7H2,1-2H3,(H,12,15)(H,13,14). The van der Waals surface area contributed by atoms with E-state index in [0.29, 0.717) is 13.0 Å². The van der Waals surface area contributed by atoms with Crippen LogP contribution in [0.15, 0.2) is 6.20 Å². The van der Waals surface area contributed by atoms with Gasteiger partial charge in [-0.05, 0) is 13.3 Å². The number of unbranched alkanes of at least 4 members (excludes halogenated alkanes) is 1. The van der Waals surface area contributed by atoms with E-state index in [9.17, 15) is 4.79 Å². The fraction of sp³-hybridized carbons (Fsp3) is 0.636. The quantitative estimate of drug-likeness (QED) is 0.747. The van der Waals surface area contributed by atoms with Crippen LogP contribution in [-0.2, 0) is 11.2 Å². The third-order valence-corrected chi connectivity index (χ3v) is 2.23. The lowest BCUT2D eigenvalue weighted by Crippen LogP contribution is -2.25. The SMILES string of the molecule is CCCCC(=O)NCCc1cnc(C)[nH]1. The van der Waals surface area contributed by atoms with Crippen molar-refractivity contribution in [2.75, 3.05) is 6.54 Å². The molecule has 84 valence electrons. The summed E-state index contributed by atoms with van der Waals surface area (Å²) in [5.41, 5.74) is 1.07. The zero-order chi connectivity index (χ0) is 11.1. The normalized spacial score (nSPS) is 10.3. The lowest BCUT2D eigenvalue weighted by molar-refractivity contribution is -0.121. The Hall–Kier alpha value is -1.32. The molecular formula is C11H19N3O. The minimum Gasteiger partial charge on any atom is -0.356 e. The van der Waals surface area contributed by atoms with Crippen LogP contribution in [0.3, 0.4) is 0 Å². The summed E-state index contributed by atoms with van der Waals surface area (Å²) in [6.45, 7) is 4.69. The van der Waals surface area contributed by atoms with Crippen molar-refractivity contribution in [3.05, 3.63) is 17.7 Å². The van der Waals surface area contributed by atoms with Crippen molar-refractivity contribution in [3.8, 4) is 0 Å². The lowest BCUT2D eigenvalue weighted by Gasteiger charge is -2.02. The van der Waals surface area contributed by atoms with E-state index in [4.69, 9.17) is 0 Å². The molecule has 0 aliphatic rings. The molecule has 0 bridgehead atoms. The van der Waals surface area contributed by atoms with Crippen LogP contribution in [0.25, 0.3) is 0 Å². The highest BCUT2D eigenvalue weighted by Crippen LogP contribution is 1.96. The monoisotopic (exact) mass is 209 g/mol. The summed E-state index contributed by atoms with van der Waals surface area (Å²) in [4.78, 5) is 18.5. The highest BCUT2D eigenvalue weighted by molar-refractivity contribution is 5.75. The Morgan fingerprint density at radius 3 is 3.00 bits per heavy atom. The average Bonchev–Trinajstić information content (AvgIpc) is 2.61. The van der Waals surface area contributed by atoms with E-state index < -0.39 is 0 Å². The smallest absolute Gasteiger partial charge is 0.220 e. The first-order valence-electron chi connectivity index (χ1n) is 5.49. The number of amides is 1. The van der Waals surface area contributed by atoms with Crippen LogP contribution in [0.1, 0.15) is 37.7 Å². The van der Waals surface area contributed by atoms with Gasteiger partial charge in [0.1, 0.15) is 5.82 Å². The first-order chi connectivity index (χ1) is 7.22. The van der Waals surface area contributed by atoms with Crippen LogP contribution in [0.4, 0.5) is 0 Å². The zero-order valence-electron chi connectivity index (χ0n) is 9.47. The summed E-state index contributed by atoms with van der Waals surface area (Å²) in [5, 5.41) is 2.89. The minimum atomic E-state index is 0.146. The Labute approximate surface area is 90.5 Å². The number of aromatic amines is 1. The number of rotatable bonds is 6. The Morgan fingerprint density at radius 1 is 1.60 bits per heavy atom. The van der Waals surface area contributed by atoms with Crippen molar-refractivity contribution in [2.24, 2.45) is 0 Å². The van der Waals surface area contributed by atoms with Gasteiger partial charge in [-0.15, -0.1) is 0 Å². The number of carbonyl (C=O) groups excluding carboxylic acids is 1. The van der Waals surface area contributed by atoms with Crippen LogP contribution >= 0.6 is 0 Å². The predicted octanol–water partition coefficient (Wildman–Crippen LogP) is 1.57. The van der Waals surface area contributed by atoms with Gasteiger partial charge in [0.25, 0.3) is 0 Å². The molecule has 0 fully saturated rings. The van der Waals surface area contributed by atoms with E-state index >= 15 is 0 Å². The van der Waals surface area contributed by atoms with Crippen LogP contribution in [0.5, 0.6) is 0 Å². The number of aromatic nitrogens is 2. The van der Waals surface area contributed by atoms with Crippen LogP contribution < -0.4 is 5.32 Å². The van der Waals surface area contributed by atoms with Gasteiger partial charge in [-0.2, -0.15) is 0 Å². The zero-order valence-corrected chi connectivity index (χ0v) is 9.47. The molecule has 0 saturated heterocycles. The number of nitrogens with zero attached hydrogens (tertiary/aromatic N) is 1. The third-order valence-electron chi connectivity index (χ3n) is 2.23. The fourth-order valence-electron chi connectivity index (χ4n) is 1.36. The van der Waals surface area contributed by atoms with Crippen molar-refractivity contribution in [1.82, 2.24) is 15.3 Å². The first kappa shape index (κ1) is 11.8. The van der Waals surface area contributed by atoms with E-state index in [1.54, 1.807) is 0 Å². The Bertz CT molecular complexity index is 307. The fourth-order valence-corrected chi connectivity index (χ4v) is 1.36. The topological polar surface area (TPSA) is 57.8 Å². The third kappa shape index (κ3) is 4.63. The summed E-state index contributed by atoms with van der Waals surface area (Å²) >= 11 is 0. The molecule has 15 heavy (non-hydrogen) atoms. The van der Waals surface area contributed by atoms with Gasteiger partial charge >= 0.3 is 0 Å². The molecule has 1 rings (SSSR count). The predicted molar refractivity (Wildman–Crippen MR) is 59.6 cm³/mol. The molecule has 0 radical (unpaired) electrons. The summed E-state index contributed by atoms with van der Waals surface area (Å²) in [7, 11) is 0. The van der Waals surface area contributed by atoms with Crippen molar-refractivity contribution in [2.45, 2.75) is 39.5 Å². The number of carbonyl (C=O) groups is 1. The number of hydrogen-bond donors (Lipinski definition) is 2. The molecule has 1 aromatic heterocycles. The Morgan fingerprint density at radius 2 is 2.40 bits per heavy atom. The molecule has 0 unspecified atom stereocenters. The van der Waals surface area contributed by atoms with E-state index in [-0.39, 0.29) is 5.91 Å². The van der Waals surface area contributed by atoms with Gasteiger partial charge in [0.15, 0.2) is 0 Å². The molecule has 0 aromatic carbocycles. The second-order valence-electron chi connectivity index (χ2n) is 3.70. The lowest BCUT2D eigenvalue weighted by atomic mass is 10.2. The molecule has 0 aliphatic carbocycles. The van der Waals surface area contributed by atoms with Gasteiger partial charge in [-0.1, -0.05) is 13.3 Å². The Balaban J connectivity index is 2.13. The summed E-state index contributed by atoms with van der Waals surface area (Å²) in [6.07, 6.45) is 5.30. The highest BCUT2D eigenvalue weighted by atomic mass is 16.1. The molecule has 0 aliphatic heterocycles. The molecule has 4 heteroatoms. The van der Waals surface area contributed by atoms with Gasteiger partial charge in [0.2, 0.25) is 5.91 Å². The van der Waals surface area contributed by atoms with Crippen molar-refractivity contribution in [1.29, 1.82) is 0 Å². The maximum Gasteiger partial charge on any atom is 0.220 e. The van der Waals surface area contributed by atoms with Gasteiger partial charge in [0.05, 0.1) is 0 Å². The van der Waals surface area contributed by atoms with Crippen LogP contribution in [0.2, 0.25) is 0 Å². The molecule has 1 heterocycles. The molecule has 0 saturated carbocycles. The second kappa shape index (κ2) is 6.22. The molecule has 2 N–H and O–H groups in total. The summed E-state index contributed by atoms with van der Waals surface area (Å²) < 4.78 is 0. The van der Waals surface area contributed by atoms with Gasteiger partial charge in [-0.3, -0.25) is 4.79 Å². The van der Waals surface area contributed by atoms with E-state index in [1.807, 2.05) is 13.1 Å². The summed E-state index contributed by atoms with van der Waals surface area (Å²) in [6, 6.07) is 0. The molecule has 1 amide bonds. The van der Waals surface area contributed by atoms with E-state index in [1.165, 1.54) is 0 Å². The van der Waals surface area contributed by atoms with Crippen molar-refractivity contribution >= 4 is 5.91 Å². The van der Waals surface area contributed by atoms with Gasteiger partial charge < -0.3 is 10.3 Å². The van der Waals surface area contributed by atoms with Crippen LogP contribution in [-0.4, -0.2) is 22.4 Å². The van der Waals surface area contributed by atoms with Crippen molar-refractivity contribution < 1.29 is 4.79 Å². The number of hydrogen-bond acceptors (Lipinski definition) is 2. The maximum absolute atomic E-state index is 11.3. The van der Waals surface area contributed by atoms with E-state index in [0.717, 1.165) is 30.8 Å². The van der Waals surface area contributed by atoms with Crippen molar-refractivity contribution in [3.63, 3.8) is 0 Å². The first-order valence-corrected chi connectivity index (χ1v) is 5.49. The second-order valence-corrected chi connectivity index (χ2v) is 3.70. The summed E-state index contributed by atoms with van der Waals surface area (Å²) in [5.74, 6) is 1.07. The molecular weight excluding hydrogens is 190 g/mol. The highest BCUT2D eigenvalue weighted by Gasteiger charge is 2.00. The molecule has 0 atom stereocenters. The minimum absolute atomic E-state index is 0.146. The Kier molecular flexibility index (Phi) is 4.87. The maximum atomic E-state index is 11.3. The molecule has 4 nitrogen and oxygen atoms in total. The van der Waals surface area contributed by atoms with Gasteiger partial charge in [0, 0.05) is 31.3 Å². The number of aryl methyl sites for hydroxylation is 1. The van der Waals surface area contributed by atoms with Gasteiger partial charge in [-0.25, -0.2) is 4.98 Å². The number of H-pyrrole nitrogens is 1. The molecule has 0 spiro atoms.